The van der Waals surface area contributed by atoms with Crippen LogP contribution in [0.1, 0.15) is 32.6 Å². The molecule has 0 aliphatic heterocycles. The molecular formula is C17H22N4O4S. The van der Waals surface area contributed by atoms with Crippen molar-refractivity contribution in [3.05, 3.63) is 40.6 Å². The van der Waals surface area contributed by atoms with Crippen LogP contribution in [0.15, 0.2) is 35.4 Å². The van der Waals surface area contributed by atoms with Crippen LogP contribution in [0.5, 0.6) is 0 Å². The summed E-state index contributed by atoms with van der Waals surface area (Å²) in [6, 6.07) is 5.50. The van der Waals surface area contributed by atoms with Crippen molar-refractivity contribution in [3.8, 4) is 0 Å². The van der Waals surface area contributed by atoms with Crippen LogP contribution in [0.2, 0.25) is 0 Å². The third-order valence-corrected chi connectivity index (χ3v) is 6.93. The monoisotopic (exact) mass is 378 g/mol. The predicted molar refractivity (Wildman–Crippen MR) is 98.1 cm³/mol. The van der Waals surface area contributed by atoms with Crippen molar-refractivity contribution in [1.29, 1.82) is 0 Å². The van der Waals surface area contributed by atoms with Gasteiger partial charge in [-0.1, -0.05) is 19.8 Å². The Labute approximate surface area is 152 Å². The molecule has 0 saturated heterocycles. The van der Waals surface area contributed by atoms with Gasteiger partial charge in [0.25, 0.3) is 5.69 Å². The molecule has 1 aromatic heterocycles. The number of nitrogens with zero attached hydrogens (tertiary/aromatic N) is 2. The molecule has 9 heteroatoms. The molecule has 140 valence electrons. The zero-order valence-corrected chi connectivity index (χ0v) is 15.3. The maximum Gasteiger partial charge on any atom is 0.278 e. The average molecular weight is 378 g/mol. The van der Waals surface area contributed by atoms with Gasteiger partial charge in [-0.05, 0) is 37.0 Å². The molecule has 1 fully saturated rings. The number of benzene rings is 1. The summed E-state index contributed by atoms with van der Waals surface area (Å²) < 4.78 is 29.1. The number of pyridine rings is 1. The van der Waals surface area contributed by atoms with E-state index in [0.29, 0.717) is 6.42 Å². The van der Waals surface area contributed by atoms with Crippen LogP contribution >= 0.6 is 0 Å². The smallest absolute Gasteiger partial charge is 0.278 e. The minimum Gasteiger partial charge on any atom is -0.329 e. The quantitative estimate of drug-likeness (QED) is 0.607. The van der Waals surface area contributed by atoms with Gasteiger partial charge in [0, 0.05) is 24.3 Å². The van der Waals surface area contributed by atoms with Gasteiger partial charge in [-0.2, -0.15) is 0 Å². The second-order valence-electron chi connectivity index (χ2n) is 6.85. The summed E-state index contributed by atoms with van der Waals surface area (Å²) in [5, 5.41) is 11.4. The Morgan fingerprint density at radius 1 is 1.38 bits per heavy atom. The number of rotatable bonds is 5. The Bertz CT molecular complexity index is 947. The number of nitrogens with two attached hydrogens (primary N) is 1. The summed E-state index contributed by atoms with van der Waals surface area (Å²) in [4.78, 5) is 14.7. The van der Waals surface area contributed by atoms with Crippen molar-refractivity contribution in [2.24, 2.45) is 11.7 Å². The van der Waals surface area contributed by atoms with Crippen molar-refractivity contribution in [2.45, 2.75) is 43.0 Å². The van der Waals surface area contributed by atoms with E-state index in [2.05, 4.69) is 9.71 Å². The molecule has 1 aliphatic rings. The van der Waals surface area contributed by atoms with Gasteiger partial charge in [0.1, 0.15) is 4.90 Å². The largest absolute Gasteiger partial charge is 0.329 e. The van der Waals surface area contributed by atoms with E-state index in [-0.39, 0.29) is 33.9 Å². The van der Waals surface area contributed by atoms with E-state index in [1.807, 2.05) is 6.92 Å². The number of sulfonamides is 1. The summed E-state index contributed by atoms with van der Waals surface area (Å²) in [5.41, 5.74) is 5.16. The van der Waals surface area contributed by atoms with E-state index < -0.39 is 20.5 Å². The number of non-ortho nitro benzene ring substituents is 1. The normalized spacial score (nSPS) is 23.8. The zero-order valence-electron chi connectivity index (χ0n) is 14.5. The van der Waals surface area contributed by atoms with Gasteiger partial charge in [-0.3, -0.25) is 15.1 Å². The summed E-state index contributed by atoms with van der Waals surface area (Å²) >= 11 is 0. The molecule has 3 rings (SSSR count). The minimum absolute atomic E-state index is 0.0655. The maximum absolute atomic E-state index is 13.1. The van der Waals surface area contributed by atoms with Crippen LogP contribution in [0.4, 0.5) is 5.69 Å². The SMILES string of the molecule is CC1CCCCC1(CN)NS(=O)(=O)c1ccc([N+](=O)[O-])c2cccnc12. The third kappa shape index (κ3) is 3.17. The lowest BCUT2D eigenvalue weighted by Crippen LogP contribution is -2.58. The number of nitrogens with one attached hydrogen (secondary N) is 1. The highest BCUT2D eigenvalue weighted by Crippen LogP contribution is 2.35. The van der Waals surface area contributed by atoms with Gasteiger partial charge >= 0.3 is 0 Å². The molecule has 8 nitrogen and oxygen atoms in total. The number of nitro benzene ring substituents is 1. The lowest BCUT2D eigenvalue weighted by molar-refractivity contribution is -0.383. The van der Waals surface area contributed by atoms with E-state index in [9.17, 15) is 18.5 Å². The molecule has 3 N–H and O–H groups in total. The summed E-state index contributed by atoms with van der Waals surface area (Å²) in [7, 11) is -3.95. The number of nitro groups is 1. The van der Waals surface area contributed by atoms with Crippen LogP contribution in [-0.4, -0.2) is 30.4 Å². The number of hydrogen-bond acceptors (Lipinski definition) is 6. The Kier molecular flexibility index (Phi) is 4.96. The fraction of sp³-hybridized carbons (Fsp3) is 0.471. The van der Waals surface area contributed by atoms with E-state index in [4.69, 9.17) is 5.73 Å². The van der Waals surface area contributed by atoms with Crippen LogP contribution < -0.4 is 10.5 Å². The molecule has 0 spiro atoms. The zero-order chi connectivity index (χ0) is 18.9. The molecule has 1 saturated carbocycles. The second kappa shape index (κ2) is 6.90. The van der Waals surface area contributed by atoms with Crippen LogP contribution in [0.3, 0.4) is 0 Å². The van der Waals surface area contributed by atoms with Crippen molar-refractivity contribution in [2.75, 3.05) is 6.54 Å². The summed E-state index contributed by atoms with van der Waals surface area (Å²) in [6.07, 6.45) is 4.95. The van der Waals surface area contributed by atoms with Crippen LogP contribution in [0.25, 0.3) is 10.9 Å². The molecule has 0 bridgehead atoms. The standard InChI is InChI=1S/C17H22N4O4S/c1-12-5-2-3-9-17(12,11-18)20-26(24,25)15-8-7-14(21(22)23)13-6-4-10-19-16(13)15/h4,6-8,10,12,20H,2-3,5,9,11,18H2,1H3. The second-order valence-corrected chi connectivity index (χ2v) is 8.50. The van der Waals surface area contributed by atoms with Gasteiger partial charge in [-0.15, -0.1) is 0 Å². The predicted octanol–water partition coefficient (Wildman–Crippen LogP) is 2.33. The Morgan fingerprint density at radius 2 is 2.15 bits per heavy atom. The highest BCUT2D eigenvalue weighted by Gasteiger charge is 2.41. The first-order valence-electron chi connectivity index (χ1n) is 8.57. The van der Waals surface area contributed by atoms with Crippen LogP contribution in [0, 0.1) is 16.0 Å². The highest BCUT2D eigenvalue weighted by molar-refractivity contribution is 7.89. The average Bonchev–Trinajstić information content (AvgIpc) is 2.62. The van der Waals surface area contributed by atoms with E-state index in [1.165, 1.54) is 24.4 Å². The highest BCUT2D eigenvalue weighted by atomic mass is 32.2. The van der Waals surface area contributed by atoms with Gasteiger partial charge in [0.05, 0.1) is 15.8 Å². The molecule has 2 aromatic rings. The van der Waals surface area contributed by atoms with Gasteiger partial charge in [0.15, 0.2) is 0 Å². The summed E-state index contributed by atoms with van der Waals surface area (Å²) in [5.74, 6) is 0.105. The first-order chi connectivity index (χ1) is 12.3. The Balaban J connectivity index is 2.10. The molecule has 1 aromatic carbocycles. The molecular weight excluding hydrogens is 356 g/mol. The fourth-order valence-electron chi connectivity index (χ4n) is 3.74. The van der Waals surface area contributed by atoms with E-state index in [0.717, 1.165) is 19.3 Å². The lowest BCUT2D eigenvalue weighted by Gasteiger charge is -2.42. The molecule has 2 atom stereocenters. The van der Waals surface area contributed by atoms with Crippen molar-refractivity contribution in [3.63, 3.8) is 0 Å². The first kappa shape index (κ1) is 18.7. The number of aromatic nitrogens is 1. The van der Waals surface area contributed by atoms with Gasteiger partial charge in [0.2, 0.25) is 10.0 Å². The Morgan fingerprint density at radius 3 is 2.81 bits per heavy atom. The molecule has 1 heterocycles. The lowest BCUT2D eigenvalue weighted by atomic mass is 9.74. The van der Waals surface area contributed by atoms with Crippen LogP contribution in [-0.2, 0) is 10.0 Å². The number of hydrogen-bond donors (Lipinski definition) is 2. The molecule has 26 heavy (non-hydrogen) atoms. The minimum atomic E-state index is -3.95. The molecule has 2 unspecified atom stereocenters. The molecule has 1 aliphatic carbocycles. The summed E-state index contributed by atoms with van der Waals surface area (Å²) in [6.45, 7) is 2.20. The topological polar surface area (TPSA) is 128 Å². The third-order valence-electron chi connectivity index (χ3n) is 5.35. The Hall–Kier alpha value is -2.10. The number of fused-ring (bicyclic) bond motifs is 1. The van der Waals surface area contributed by atoms with Gasteiger partial charge in [-0.25, -0.2) is 13.1 Å². The van der Waals surface area contributed by atoms with E-state index >= 15 is 0 Å². The van der Waals surface area contributed by atoms with Crippen molar-refractivity contribution in [1.82, 2.24) is 9.71 Å². The first-order valence-corrected chi connectivity index (χ1v) is 10.1. The van der Waals surface area contributed by atoms with Gasteiger partial charge < -0.3 is 5.73 Å². The maximum atomic E-state index is 13.1. The fourth-order valence-corrected chi connectivity index (χ4v) is 5.44. The molecule has 0 amide bonds. The van der Waals surface area contributed by atoms with E-state index in [1.54, 1.807) is 6.07 Å². The van der Waals surface area contributed by atoms with Crippen molar-refractivity contribution < 1.29 is 13.3 Å². The molecule has 0 radical (unpaired) electrons. The van der Waals surface area contributed by atoms with Crippen molar-refractivity contribution >= 4 is 26.6 Å².